The first kappa shape index (κ1) is 23.3. The Balaban J connectivity index is 1.41. The second-order valence-corrected chi connectivity index (χ2v) is 9.39. The SMILES string of the molecule is CC(C)[C@@H]1C[C@H](c2ccc(Cl)cc2)CO[C@H]1c1cccc(OCC(=O)Nc2cnn(C)c2)c1. The van der Waals surface area contributed by atoms with Gasteiger partial charge in [0.2, 0.25) is 0 Å². The Bertz CT molecular complexity index is 1080. The molecule has 0 unspecified atom stereocenters. The number of halogens is 1. The van der Waals surface area contributed by atoms with E-state index in [1.54, 1.807) is 24.1 Å². The van der Waals surface area contributed by atoms with Crippen LogP contribution in [-0.2, 0) is 16.6 Å². The molecular weight excluding hydrogens is 438 g/mol. The van der Waals surface area contributed by atoms with Crippen LogP contribution < -0.4 is 10.1 Å². The van der Waals surface area contributed by atoms with Crippen LogP contribution in [0.3, 0.4) is 0 Å². The van der Waals surface area contributed by atoms with Crippen molar-refractivity contribution in [1.29, 1.82) is 0 Å². The highest BCUT2D eigenvalue weighted by Crippen LogP contribution is 2.44. The number of hydrogen-bond donors (Lipinski definition) is 1. The molecule has 2 heterocycles. The minimum Gasteiger partial charge on any atom is -0.484 e. The van der Waals surface area contributed by atoms with E-state index in [0.29, 0.717) is 35.8 Å². The van der Waals surface area contributed by atoms with Crippen LogP contribution in [0, 0.1) is 11.8 Å². The van der Waals surface area contributed by atoms with Gasteiger partial charge in [0.25, 0.3) is 5.91 Å². The van der Waals surface area contributed by atoms with Crippen molar-refractivity contribution < 1.29 is 14.3 Å². The normalized spacial score (nSPS) is 20.6. The average Bonchev–Trinajstić information content (AvgIpc) is 3.22. The molecule has 1 N–H and O–H groups in total. The number of aryl methyl sites for hydroxylation is 1. The van der Waals surface area contributed by atoms with E-state index in [2.05, 4.69) is 42.5 Å². The third kappa shape index (κ3) is 5.95. The standard InChI is InChI=1S/C26H30ClN3O3/c1-17(2)24-12-20(18-7-9-21(27)10-8-18)15-33-26(24)19-5-4-6-23(11-19)32-16-25(31)29-22-13-28-30(3)14-22/h4-11,13-14,17,20,24,26H,12,15-16H2,1-3H3,(H,29,31)/t20-,24-,26-/m0/s1. The van der Waals surface area contributed by atoms with Crippen molar-refractivity contribution in [1.82, 2.24) is 9.78 Å². The number of carbonyl (C=O) groups is 1. The highest BCUT2D eigenvalue weighted by Gasteiger charge is 2.35. The van der Waals surface area contributed by atoms with Crippen molar-refractivity contribution in [3.8, 4) is 5.75 Å². The first-order valence-electron chi connectivity index (χ1n) is 11.3. The molecule has 0 saturated carbocycles. The van der Waals surface area contributed by atoms with Crippen LogP contribution in [0.5, 0.6) is 5.75 Å². The topological polar surface area (TPSA) is 65.4 Å². The minimum atomic E-state index is -0.229. The van der Waals surface area contributed by atoms with E-state index in [-0.39, 0.29) is 18.6 Å². The lowest BCUT2D eigenvalue weighted by atomic mass is 9.76. The monoisotopic (exact) mass is 467 g/mol. The second-order valence-electron chi connectivity index (χ2n) is 8.96. The summed E-state index contributed by atoms with van der Waals surface area (Å²) in [5, 5.41) is 7.57. The second kappa shape index (κ2) is 10.4. The molecule has 1 amide bonds. The van der Waals surface area contributed by atoms with Crippen LogP contribution >= 0.6 is 11.6 Å². The summed E-state index contributed by atoms with van der Waals surface area (Å²) in [4.78, 5) is 12.2. The van der Waals surface area contributed by atoms with Gasteiger partial charge < -0.3 is 14.8 Å². The Morgan fingerprint density at radius 2 is 2.03 bits per heavy atom. The van der Waals surface area contributed by atoms with Crippen LogP contribution in [-0.4, -0.2) is 28.9 Å². The highest BCUT2D eigenvalue weighted by atomic mass is 35.5. The van der Waals surface area contributed by atoms with Crippen LogP contribution in [0.1, 0.15) is 43.4 Å². The molecule has 0 spiro atoms. The predicted molar refractivity (Wildman–Crippen MR) is 130 cm³/mol. The molecular formula is C26H30ClN3O3. The summed E-state index contributed by atoms with van der Waals surface area (Å²) in [5.41, 5.74) is 2.99. The van der Waals surface area contributed by atoms with Gasteiger partial charge in [-0.3, -0.25) is 9.48 Å². The number of hydrogen-bond acceptors (Lipinski definition) is 4. The first-order chi connectivity index (χ1) is 15.9. The molecule has 0 radical (unpaired) electrons. The molecule has 4 rings (SSSR count). The van der Waals surface area contributed by atoms with Gasteiger partial charge in [0.1, 0.15) is 5.75 Å². The molecule has 6 nitrogen and oxygen atoms in total. The Labute approximate surface area is 199 Å². The predicted octanol–water partition coefficient (Wildman–Crippen LogP) is 5.61. The van der Waals surface area contributed by atoms with Crippen molar-refractivity contribution in [3.63, 3.8) is 0 Å². The zero-order valence-electron chi connectivity index (χ0n) is 19.2. The molecule has 3 aromatic rings. The number of nitrogens with one attached hydrogen (secondary N) is 1. The molecule has 1 aromatic heterocycles. The third-order valence-electron chi connectivity index (χ3n) is 6.17. The number of aromatic nitrogens is 2. The molecule has 7 heteroatoms. The summed E-state index contributed by atoms with van der Waals surface area (Å²) in [6, 6.07) is 16.0. The van der Waals surface area contributed by atoms with E-state index in [1.807, 2.05) is 30.3 Å². The fourth-order valence-electron chi connectivity index (χ4n) is 4.41. The maximum Gasteiger partial charge on any atom is 0.262 e. The van der Waals surface area contributed by atoms with Gasteiger partial charge in [-0.15, -0.1) is 0 Å². The van der Waals surface area contributed by atoms with E-state index in [9.17, 15) is 4.79 Å². The van der Waals surface area contributed by atoms with Crippen LogP contribution in [0.25, 0.3) is 0 Å². The van der Waals surface area contributed by atoms with Gasteiger partial charge >= 0.3 is 0 Å². The number of nitrogens with zero attached hydrogens (tertiary/aromatic N) is 2. The zero-order valence-corrected chi connectivity index (χ0v) is 20.0. The fourth-order valence-corrected chi connectivity index (χ4v) is 4.54. The van der Waals surface area contributed by atoms with Crippen molar-refractivity contribution in [2.24, 2.45) is 18.9 Å². The fraction of sp³-hybridized carbons (Fsp3) is 0.385. The Kier molecular flexibility index (Phi) is 7.36. The van der Waals surface area contributed by atoms with Gasteiger partial charge in [0.15, 0.2) is 6.61 Å². The summed E-state index contributed by atoms with van der Waals surface area (Å²) in [6.45, 7) is 5.08. The zero-order chi connectivity index (χ0) is 23.4. The first-order valence-corrected chi connectivity index (χ1v) is 11.6. The molecule has 1 aliphatic rings. The summed E-state index contributed by atoms with van der Waals surface area (Å²) in [7, 11) is 1.80. The lowest BCUT2D eigenvalue weighted by molar-refractivity contribution is -0.118. The molecule has 2 aromatic carbocycles. The number of anilines is 1. The Morgan fingerprint density at radius 1 is 1.24 bits per heavy atom. The van der Waals surface area contributed by atoms with Gasteiger partial charge in [0, 0.05) is 24.2 Å². The van der Waals surface area contributed by atoms with Crippen LogP contribution in [0.4, 0.5) is 5.69 Å². The number of benzene rings is 2. The van der Waals surface area contributed by atoms with E-state index >= 15 is 0 Å². The lowest BCUT2D eigenvalue weighted by Crippen LogP contribution is -2.31. The van der Waals surface area contributed by atoms with Crippen molar-refractivity contribution in [2.75, 3.05) is 18.5 Å². The summed E-state index contributed by atoms with van der Waals surface area (Å²) in [5.74, 6) is 1.60. The van der Waals surface area contributed by atoms with Gasteiger partial charge in [-0.1, -0.05) is 49.7 Å². The highest BCUT2D eigenvalue weighted by molar-refractivity contribution is 6.30. The summed E-state index contributed by atoms with van der Waals surface area (Å²) >= 11 is 6.06. The quantitative estimate of drug-likeness (QED) is 0.490. The van der Waals surface area contributed by atoms with Gasteiger partial charge in [-0.25, -0.2) is 0 Å². The molecule has 0 bridgehead atoms. The van der Waals surface area contributed by atoms with Crippen molar-refractivity contribution in [2.45, 2.75) is 32.3 Å². The van der Waals surface area contributed by atoms with Crippen LogP contribution in [0.15, 0.2) is 60.9 Å². The number of ether oxygens (including phenoxy) is 2. The Hall–Kier alpha value is -2.83. The molecule has 1 aliphatic heterocycles. The van der Waals surface area contributed by atoms with Crippen molar-refractivity contribution in [3.05, 3.63) is 77.1 Å². The molecule has 1 saturated heterocycles. The molecule has 33 heavy (non-hydrogen) atoms. The molecule has 3 atom stereocenters. The lowest BCUT2D eigenvalue weighted by Gasteiger charge is -2.39. The van der Waals surface area contributed by atoms with E-state index < -0.39 is 0 Å². The van der Waals surface area contributed by atoms with Crippen LogP contribution in [0.2, 0.25) is 5.02 Å². The summed E-state index contributed by atoms with van der Waals surface area (Å²) < 4.78 is 13.8. The number of rotatable bonds is 7. The Morgan fingerprint density at radius 3 is 2.73 bits per heavy atom. The van der Waals surface area contributed by atoms with Gasteiger partial charge in [0.05, 0.1) is 24.6 Å². The van der Waals surface area contributed by atoms with Gasteiger partial charge in [-0.2, -0.15) is 5.10 Å². The number of amides is 1. The smallest absolute Gasteiger partial charge is 0.262 e. The van der Waals surface area contributed by atoms with E-state index in [1.165, 1.54) is 5.56 Å². The van der Waals surface area contributed by atoms with Gasteiger partial charge in [-0.05, 0) is 53.6 Å². The number of carbonyl (C=O) groups excluding carboxylic acids is 1. The van der Waals surface area contributed by atoms with Crippen molar-refractivity contribution >= 4 is 23.2 Å². The maximum atomic E-state index is 12.2. The molecule has 0 aliphatic carbocycles. The third-order valence-corrected chi connectivity index (χ3v) is 6.42. The minimum absolute atomic E-state index is 0.0127. The van der Waals surface area contributed by atoms with E-state index in [0.717, 1.165) is 17.0 Å². The summed E-state index contributed by atoms with van der Waals surface area (Å²) in [6.07, 6.45) is 4.37. The molecule has 1 fully saturated rings. The largest absolute Gasteiger partial charge is 0.484 e. The maximum absolute atomic E-state index is 12.2. The van der Waals surface area contributed by atoms with E-state index in [4.69, 9.17) is 21.1 Å². The average molecular weight is 468 g/mol. The molecule has 174 valence electrons.